The van der Waals surface area contributed by atoms with Crippen molar-refractivity contribution in [3.8, 4) is 0 Å². The van der Waals surface area contributed by atoms with Gasteiger partial charge in [0.25, 0.3) is 0 Å². The maximum atomic E-state index is 14.1. The minimum absolute atomic E-state index is 0.156. The zero-order chi connectivity index (χ0) is 18.4. The van der Waals surface area contributed by atoms with Gasteiger partial charge in [-0.25, -0.2) is 4.39 Å². The number of halogens is 1. The van der Waals surface area contributed by atoms with Crippen LogP contribution in [0.2, 0.25) is 0 Å². The standard InChI is InChI=1S/C22H29FO2/c1-15-11-20(17(3)22(23)12-15)13-19(9-10-21(25)14-24)16(2)18-7-5-4-6-8-18/h4-8,11-12,16,19,21,24-25H,9-10,13-14H2,1-3H3/t16?,19-,21-/m0/s1. The van der Waals surface area contributed by atoms with Crippen LogP contribution in [-0.4, -0.2) is 22.9 Å². The largest absolute Gasteiger partial charge is 0.394 e. The molecule has 0 bridgehead atoms. The Morgan fingerprint density at radius 3 is 2.36 bits per heavy atom. The lowest BCUT2D eigenvalue weighted by Crippen LogP contribution is -2.19. The number of aliphatic hydroxyl groups excluding tert-OH is 2. The van der Waals surface area contributed by atoms with E-state index in [4.69, 9.17) is 5.11 Å². The Balaban J connectivity index is 2.25. The molecule has 2 aromatic rings. The Kier molecular flexibility index (Phi) is 7.15. The van der Waals surface area contributed by atoms with Gasteiger partial charge in [0.1, 0.15) is 5.82 Å². The predicted molar refractivity (Wildman–Crippen MR) is 100 cm³/mol. The molecule has 0 aliphatic heterocycles. The third-order valence-corrected chi connectivity index (χ3v) is 5.19. The molecule has 0 aliphatic carbocycles. The zero-order valence-electron chi connectivity index (χ0n) is 15.4. The summed E-state index contributed by atoms with van der Waals surface area (Å²) < 4.78 is 14.1. The minimum Gasteiger partial charge on any atom is -0.394 e. The van der Waals surface area contributed by atoms with E-state index >= 15 is 0 Å². The van der Waals surface area contributed by atoms with Crippen molar-refractivity contribution in [2.45, 2.75) is 52.1 Å². The number of hydrogen-bond acceptors (Lipinski definition) is 2. The van der Waals surface area contributed by atoms with Crippen molar-refractivity contribution in [2.75, 3.05) is 6.61 Å². The summed E-state index contributed by atoms with van der Waals surface area (Å²) in [6.45, 7) is 5.71. The van der Waals surface area contributed by atoms with Gasteiger partial charge in [-0.1, -0.05) is 43.3 Å². The molecule has 2 nitrogen and oxygen atoms in total. The van der Waals surface area contributed by atoms with Crippen LogP contribution >= 0.6 is 0 Å². The van der Waals surface area contributed by atoms with Crippen LogP contribution in [0.5, 0.6) is 0 Å². The number of aryl methyl sites for hydroxylation is 1. The second-order valence-corrected chi connectivity index (χ2v) is 7.11. The summed E-state index contributed by atoms with van der Waals surface area (Å²) in [4.78, 5) is 0. The molecule has 0 heterocycles. The highest BCUT2D eigenvalue weighted by molar-refractivity contribution is 5.33. The van der Waals surface area contributed by atoms with Crippen LogP contribution in [0.3, 0.4) is 0 Å². The molecule has 2 N–H and O–H groups in total. The Hall–Kier alpha value is -1.71. The van der Waals surface area contributed by atoms with E-state index in [2.05, 4.69) is 25.1 Å². The average Bonchev–Trinajstić information content (AvgIpc) is 2.62. The van der Waals surface area contributed by atoms with Crippen molar-refractivity contribution in [1.82, 2.24) is 0 Å². The fourth-order valence-corrected chi connectivity index (χ4v) is 3.44. The first-order valence-electron chi connectivity index (χ1n) is 9.01. The lowest BCUT2D eigenvalue weighted by atomic mass is 9.79. The fraction of sp³-hybridized carbons (Fsp3) is 0.455. The van der Waals surface area contributed by atoms with Gasteiger partial charge in [0.2, 0.25) is 0 Å². The van der Waals surface area contributed by atoms with Gasteiger partial charge in [0, 0.05) is 0 Å². The lowest BCUT2D eigenvalue weighted by Gasteiger charge is -2.26. The van der Waals surface area contributed by atoms with Gasteiger partial charge in [-0.2, -0.15) is 0 Å². The second kappa shape index (κ2) is 9.12. The molecule has 0 aromatic heterocycles. The van der Waals surface area contributed by atoms with E-state index in [1.54, 1.807) is 6.07 Å². The van der Waals surface area contributed by atoms with Crippen LogP contribution in [0.25, 0.3) is 0 Å². The van der Waals surface area contributed by atoms with Gasteiger partial charge in [0.05, 0.1) is 12.7 Å². The first-order valence-corrected chi connectivity index (χ1v) is 9.01. The van der Waals surface area contributed by atoms with E-state index in [1.807, 2.05) is 32.0 Å². The maximum absolute atomic E-state index is 14.1. The van der Waals surface area contributed by atoms with Crippen molar-refractivity contribution in [3.05, 3.63) is 70.5 Å². The highest BCUT2D eigenvalue weighted by Gasteiger charge is 2.22. The molecule has 136 valence electrons. The molecule has 0 radical (unpaired) electrons. The van der Waals surface area contributed by atoms with Crippen molar-refractivity contribution < 1.29 is 14.6 Å². The Labute approximate surface area is 150 Å². The number of aliphatic hydroxyl groups is 2. The first-order chi connectivity index (χ1) is 11.9. The van der Waals surface area contributed by atoms with Gasteiger partial charge in [-0.15, -0.1) is 0 Å². The smallest absolute Gasteiger partial charge is 0.126 e. The Bertz CT molecular complexity index is 669. The van der Waals surface area contributed by atoms with Gasteiger partial charge >= 0.3 is 0 Å². The SMILES string of the molecule is Cc1cc(F)c(C)c(C[C@H](CC[C@H](O)CO)C(C)c2ccccc2)c1. The third-order valence-electron chi connectivity index (χ3n) is 5.19. The van der Waals surface area contributed by atoms with Crippen LogP contribution < -0.4 is 0 Å². The molecular formula is C22H29FO2. The molecule has 0 fully saturated rings. The molecule has 2 aromatic carbocycles. The van der Waals surface area contributed by atoms with Gasteiger partial charge in [0.15, 0.2) is 0 Å². The lowest BCUT2D eigenvalue weighted by molar-refractivity contribution is 0.0814. The monoisotopic (exact) mass is 344 g/mol. The van der Waals surface area contributed by atoms with Gasteiger partial charge in [-0.05, 0) is 73.3 Å². The predicted octanol–water partition coefficient (Wildman–Crippen LogP) is 4.54. The Morgan fingerprint density at radius 2 is 1.72 bits per heavy atom. The third kappa shape index (κ3) is 5.38. The van der Waals surface area contributed by atoms with Crippen LogP contribution in [0, 0.1) is 25.6 Å². The molecule has 3 heteroatoms. The normalized spacial score (nSPS) is 15.0. The zero-order valence-corrected chi connectivity index (χ0v) is 15.4. The van der Waals surface area contributed by atoms with Crippen molar-refractivity contribution in [3.63, 3.8) is 0 Å². The fourth-order valence-electron chi connectivity index (χ4n) is 3.44. The summed E-state index contributed by atoms with van der Waals surface area (Å²) in [5.74, 6) is 0.398. The molecule has 0 saturated carbocycles. The summed E-state index contributed by atoms with van der Waals surface area (Å²) in [5.41, 5.74) is 3.92. The Morgan fingerprint density at radius 1 is 1.04 bits per heavy atom. The van der Waals surface area contributed by atoms with E-state index in [0.717, 1.165) is 24.0 Å². The maximum Gasteiger partial charge on any atom is 0.126 e. The van der Waals surface area contributed by atoms with Crippen molar-refractivity contribution in [2.24, 2.45) is 5.92 Å². The molecular weight excluding hydrogens is 315 g/mol. The average molecular weight is 344 g/mol. The molecule has 0 amide bonds. The molecule has 25 heavy (non-hydrogen) atoms. The van der Waals surface area contributed by atoms with E-state index in [1.165, 1.54) is 5.56 Å². The second-order valence-electron chi connectivity index (χ2n) is 7.11. The quantitative estimate of drug-likeness (QED) is 0.738. The van der Waals surface area contributed by atoms with E-state index in [-0.39, 0.29) is 24.3 Å². The van der Waals surface area contributed by atoms with E-state index in [9.17, 15) is 9.50 Å². The first kappa shape index (κ1) is 19.6. The number of benzene rings is 2. The summed E-state index contributed by atoms with van der Waals surface area (Å²) in [5, 5.41) is 18.9. The van der Waals surface area contributed by atoms with E-state index in [0.29, 0.717) is 12.0 Å². The highest BCUT2D eigenvalue weighted by atomic mass is 19.1. The topological polar surface area (TPSA) is 40.5 Å². The summed E-state index contributed by atoms with van der Waals surface area (Å²) >= 11 is 0. The van der Waals surface area contributed by atoms with Crippen molar-refractivity contribution in [1.29, 1.82) is 0 Å². The summed E-state index contributed by atoms with van der Waals surface area (Å²) in [6, 6.07) is 13.9. The van der Waals surface area contributed by atoms with Crippen LogP contribution in [0.4, 0.5) is 4.39 Å². The van der Waals surface area contributed by atoms with Crippen molar-refractivity contribution >= 4 is 0 Å². The van der Waals surface area contributed by atoms with Crippen LogP contribution in [-0.2, 0) is 6.42 Å². The molecule has 2 rings (SSSR count). The molecule has 0 aliphatic rings. The minimum atomic E-state index is -0.694. The van der Waals surface area contributed by atoms with Crippen LogP contribution in [0.15, 0.2) is 42.5 Å². The molecule has 0 spiro atoms. The van der Waals surface area contributed by atoms with Gasteiger partial charge < -0.3 is 10.2 Å². The molecule has 3 atom stereocenters. The highest BCUT2D eigenvalue weighted by Crippen LogP contribution is 2.32. The van der Waals surface area contributed by atoms with Crippen LogP contribution in [0.1, 0.15) is 47.9 Å². The molecule has 1 unspecified atom stereocenters. The summed E-state index contributed by atoms with van der Waals surface area (Å²) in [7, 11) is 0. The van der Waals surface area contributed by atoms with Gasteiger partial charge in [-0.3, -0.25) is 0 Å². The number of hydrogen-bond donors (Lipinski definition) is 2. The number of rotatable bonds is 8. The summed E-state index contributed by atoms with van der Waals surface area (Å²) in [6.07, 6.45) is 1.40. The molecule has 0 saturated heterocycles. The van der Waals surface area contributed by atoms with E-state index < -0.39 is 6.10 Å².